The lowest BCUT2D eigenvalue weighted by molar-refractivity contribution is -0.181. The second kappa shape index (κ2) is 13.0. The monoisotopic (exact) mass is 659 g/mol. The Morgan fingerprint density at radius 1 is 1.04 bits per heavy atom. The van der Waals surface area contributed by atoms with Gasteiger partial charge < -0.3 is 25.7 Å². The van der Waals surface area contributed by atoms with E-state index in [1.165, 1.54) is 4.90 Å². The molecule has 12 nitrogen and oxygen atoms in total. The highest BCUT2D eigenvalue weighted by molar-refractivity contribution is 6.32. The molecule has 12 heteroatoms. The molecule has 0 aliphatic heterocycles. The lowest BCUT2D eigenvalue weighted by Crippen LogP contribution is -2.74. The maximum atomic E-state index is 14.3. The number of rotatable bonds is 9. The molecule has 2 fully saturated rings. The number of phenolic OH excluding ortho intramolecular Hbond substituents is 1. The molecule has 48 heavy (non-hydrogen) atoms. The number of likely N-dealkylation sites (N-methyl/N-ethyl adjacent to an activating group) is 2. The number of phenols is 1. The van der Waals surface area contributed by atoms with E-state index in [-0.39, 0.29) is 36.7 Å². The molecule has 2 aromatic rings. The van der Waals surface area contributed by atoms with Gasteiger partial charge in [0, 0.05) is 37.0 Å². The van der Waals surface area contributed by atoms with Gasteiger partial charge in [0.05, 0.1) is 30.1 Å². The van der Waals surface area contributed by atoms with Crippen LogP contribution < -0.4 is 10.6 Å². The van der Waals surface area contributed by atoms with E-state index in [1.54, 1.807) is 20.2 Å². The summed E-state index contributed by atoms with van der Waals surface area (Å²) in [5.74, 6) is -10.7. The summed E-state index contributed by atoms with van der Waals surface area (Å²) in [7, 11) is 10.7. The molecule has 4 N–H and O–H groups in total. The van der Waals surface area contributed by atoms with E-state index >= 15 is 0 Å². The third-order valence-corrected chi connectivity index (χ3v) is 10.5. The standard InChI is InChI=1S/C36H45N5O7/c1-18(24(39(2)3)13-19-11-9-8-10-12-19)38-17-21-16-25(40(4)5)22-14-20-15-23-29(41(6)7)32(44)28(35(37)47)34(46)36(23,48)33(45)26(20)31(43)27(22)30(21)42/h8-12,16,20,23-24,26,28-29,42,48H,13-15,17H2,1-7H3,(H2,37,47)/t20-,23-,24?,26?,28?,29+,36-/m0/s1. The molecule has 2 saturated carbocycles. The molecule has 1 amide bonds. The summed E-state index contributed by atoms with van der Waals surface area (Å²) in [5.41, 5.74) is 6.21. The Balaban J connectivity index is 1.55. The van der Waals surface area contributed by atoms with E-state index < -0.39 is 64.4 Å². The van der Waals surface area contributed by atoms with Gasteiger partial charge in [0.2, 0.25) is 5.91 Å². The maximum absolute atomic E-state index is 14.3. The van der Waals surface area contributed by atoms with Gasteiger partial charge in [0.15, 0.2) is 34.7 Å². The van der Waals surface area contributed by atoms with Crippen LogP contribution >= 0.6 is 0 Å². The molecule has 256 valence electrons. The van der Waals surface area contributed by atoms with Crippen LogP contribution in [-0.2, 0) is 38.6 Å². The van der Waals surface area contributed by atoms with Crippen LogP contribution in [0.2, 0.25) is 0 Å². The largest absolute Gasteiger partial charge is 0.507 e. The highest BCUT2D eigenvalue weighted by atomic mass is 16.3. The molecule has 0 aromatic heterocycles. The molecule has 3 aliphatic carbocycles. The lowest BCUT2D eigenvalue weighted by atomic mass is 9.52. The van der Waals surface area contributed by atoms with Gasteiger partial charge in [-0.1, -0.05) is 30.3 Å². The van der Waals surface area contributed by atoms with Crippen molar-refractivity contribution in [3.05, 3.63) is 58.7 Å². The fourth-order valence-corrected chi connectivity index (χ4v) is 8.08. The van der Waals surface area contributed by atoms with Gasteiger partial charge in [-0.2, -0.15) is 0 Å². The first-order chi connectivity index (χ1) is 22.5. The number of aliphatic hydroxyl groups is 1. The SMILES string of the molecule is CC(=NCc1cc(N(C)C)c2c(c1O)C(=O)C1C(=O)[C@]3(O)C(=O)C(C(N)=O)C(=O)[C@H](N(C)C)[C@@H]3C[C@@H]1C2)C(Cc1ccccc1)N(C)C. The van der Waals surface area contributed by atoms with Gasteiger partial charge in [0.25, 0.3) is 0 Å². The summed E-state index contributed by atoms with van der Waals surface area (Å²) in [5, 5.41) is 23.5. The van der Waals surface area contributed by atoms with Crippen LogP contribution in [0.15, 0.2) is 41.4 Å². The molecule has 3 aliphatic rings. The number of aromatic hydroxyl groups is 1. The first-order valence-corrected chi connectivity index (χ1v) is 16.1. The average Bonchev–Trinajstić information content (AvgIpc) is 3.01. The zero-order chi connectivity index (χ0) is 35.4. The van der Waals surface area contributed by atoms with E-state index in [0.29, 0.717) is 16.8 Å². The predicted octanol–water partition coefficient (Wildman–Crippen LogP) is 1.07. The molecule has 7 atom stereocenters. The summed E-state index contributed by atoms with van der Waals surface area (Å²) in [4.78, 5) is 77.9. The van der Waals surface area contributed by atoms with Gasteiger partial charge in [-0.25, -0.2) is 0 Å². The van der Waals surface area contributed by atoms with Crippen molar-refractivity contribution in [1.29, 1.82) is 0 Å². The van der Waals surface area contributed by atoms with Gasteiger partial charge >= 0.3 is 0 Å². The lowest BCUT2D eigenvalue weighted by Gasteiger charge is -2.52. The van der Waals surface area contributed by atoms with Crippen molar-refractivity contribution in [3.8, 4) is 5.75 Å². The minimum Gasteiger partial charge on any atom is -0.507 e. The Bertz CT molecular complexity index is 1700. The van der Waals surface area contributed by atoms with Crippen LogP contribution in [0.3, 0.4) is 0 Å². The fraction of sp³-hybridized carbons (Fsp3) is 0.500. The van der Waals surface area contributed by atoms with E-state index in [9.17, 15) is 34.2 Å². The average molecular weight is 660 g/mol. The molecular formula is C36H45N5O7. The number of nitrogens with two attached hydrogens (primary N) is 1. The summed E-state index contributed by atoms with van der Waals surface area (Å²) < 4.78 is 0. The predicted molar refractivity (Wildman–Crippen MR) is 180 cm³/mol. The summed E-state index contributed by atoms with van der Waals surface area (Å²) in [6, 6.07) is 10.7. The molecule has 0 spiro atoms. The van der Waals surface area contributed by atoms with Crippen LogP contribution in [0.5, 0.6) is 5.75 Å². The number of carbonyl (C=O) groups is 5. The van der Waals surface area contributed by atoms with Crippen molar-refractivity contribution >= 4 is 40.4 Å². The number of primary amides is 1. The number of carbonyl (C=O) groups excluding carboxylic acids is 5. The summed E-state index contributed by atoms with van der Waals surface area (Å²) in [6.45, 7) is 1.99. The number of anilines is 1. The first-order valence-electron chi connectivity index (χ1n) is 16.1. The Labute approximate surface area is 280 Å². The quantitative estimate of drug-likeness (QED) is 0.261. The van der Waals surface area contributed by atoms with Crippen LogP contribution in [0.4, 0.5) is 5.69 Å². The van der Waals surface area contributed by atoms with Crippen molar-refractivity contribution in [1.82, 2.24) is 9.80 Å². The second-order valence-corrected chi connectivity index (χ2v) is 14.1. The highest BCUT2D eigenvalue weighted by Gasteiger charge is 2.69. The molecule has 0 saturated heterocycles. The molecule has 5 rings (SSSR count). The number of fused-ring (bicyclic) bond motifs is 3. The minimum absolute atomic E-state index is 0.00387. The zero-order valence-electron chi connectivity index (χ0n) is 28.6. The number of Topliss-reactive ketones (excluding diaryl/α,β-unsaturated/α-hetero) is 4. The van der Waals surface area contributed by atoms with Crippen molar-refractivity contribution in [2.24, 2.45) is 34.4 Å². The minimum atomic E-state index is -2.77. The topological polar surface area (TPSA) is 174 Å². The van der Waals surface area contributed by atoms with Crippen molar-refractivity contribution < 1.29 is 34.2 Å². The van der Waals surface area contributed by atoms with Crippen molar-refractivity contribution in [2.45, 2.75) is 50.4 Å². The van der Waals surface area contributed by atoms with Crippen LogP contribution in [0, 0.1) is 23.7 Å². The third kappa shape index (κ3) is 5.65. The number of amides is 1. The Morgan fingerprint density at radius 3 is 2.25 bits per heavy atom. The molecule has 2 aromatic carbocycles. The summed E-state index contributed by atoms with van der Waals surface area (Å²) in [6.07, 6.45) is 0.914. The number of nitrogens with zero attached hydrogens (tertiary/aromatic N) is 4. The highest BCUT2D eigenvalue weighted by Crippen LogP contribution is 2.52. The number of benzene rings is 2. The van der Waals surface area contributed by atoms with Crippen LogP contribution in [0.1, 0.15) is 40.4 Å². The summed E-state index contributed by atoms with van der Waals surface area (Å²) >= 11 is 0. The number of hydrogen-bond donors (Lipinski definition) is 3. The first kappa shape index (κ1) is 35.1. The molecule has 0 bridgehead atoms. The van der Waals surface area contributed by atoms with Crippen LogP contribution in [0.25, 0.3) is 0 Å². The van der Waals surface area contributed by atoms with Crippen LogP contribution in [-0.4, -0.2) is 115 Å². The number of ketones is 4. The fourth-order valence-electron chi connectivity index (χ4n) is 8.08. The van der Waals surface area contributed by atoms with E-state index in [2.05, 4.69) is 17.0 Å². The van der Waals surface area contributed by atoms with Crippen molar-refractivity contribution in [3.63, 3.8) is 0 Å². The third-order valence-electron chi connectivity index (χ3n) is 10.5. The molecular weight excluding hydrogens is 614 g/mol. The zero-order valence-corrected chi connectivity index (χ0v) is 28.6. The normalized spacial score (nSPS) is 27.9. The van der Waals surface area contributed by atoms with E-state index in [1.807, 2.05) is 58.2 Å². The Morgan fingerprint density at radius 2 is 1.69 bits per heavy atom. The van der Waals surface area contributed by atoms with E-state index in [4.69, 9.17) is 10.7 Å². The Hall–Kier alpha value is -4.26. The maximum Gasteiger partial charge on any atom is 0.235 e. The molecule has 0 heterocycles. The molecule has 3 unspecified atom stereocenters. The van der Waals surface area contributed by atoms with Gasteiger partial charge in [-0.05, 0) is 77.5 Å². The smallest absolute Gasteiger partial charge is 0.235 e. The van der Waals surface area contributed by atoms with E-state index in [0.717, 1.165) is 17.7 Å². The number of aliphatic imine (C=N–C) groups is 1. The Kier molecular flexibility index (Phi) is 9.48. The number of hydrogen-bond acceptors (Lipinski definition) is 11. The van der Waals surface area contributed by atoms with Gasteiger partial charge in [0.1, 0.15) is 5.75 Å². The van der Waals surface area contributed by atoms with Crippen molar-refractivity contribution in [2.75, 3.05) is 47.2 Å². The van der Waals surface area contributed by atoms with Gasteiger partial charge in [-0.3, -0.25) is 33.9 Å². The van der Waals surface area contributed by atoms with Gasteiger partial charge in [-0.15, -0.1) is 0 Å². The second-order valence-electron chi connectivity index (χ2n) is 14.1. The molecule has 0 radical (unpaired) electrons.